The number of anilines is 1. The molecule has 0 bridgehead atoms. The van der Waals surface area contributed by atoms with E-state index in [1.165, 1.54) is 18.2 Å². The van der Waals surface area contributed by atoms with Gasteiger partial charge in [0.15, 0.2) is 0 Å². The van der Waals surface area contributed by atoms with Crippen LogP contribution in [-0.4, -0.2) is 37.3 Å². The van der Waals surface area contributed by atoms with Crippen LogP contribution in [0.5, 0.6) is 0 Å². The van der Waals surface area contributed by atoms with E-state index in [0.717, 1.165) is 30.6 Å². The first-order valence-corrected chi connectivity index (χ1v) is 10.0. The number of rotatable bonds is 6. The summed E-state index contributed by atoms with van der Waals surface area (Å²) in [6.45, 7) is 0. The minimum Gasteiger partial charge on any atom is -0.398 e. The number of hydrogen-bond donors (Lipinski definition) is 1. The van der Waals surface area contributed by atoms with E-state index < -0.39 is 10.0 Å². The third-order valence-electron chi connectivity index (χ3n) is 4.05. The maximum Gasteiger partial charge on any atom is 0.214 e. The number of benzene rings is 1. The highest BCUT2D eigenvalue weighted by molar-refractivity contribution is 8.00. The van der Waals surface area contributed by atoms with Crippen LogP contribution in [0.25, 0.3) is 0 Å². The largest absolute Gasteiger partial charge is 0.398 e. The Bertz CT molecular complexity index is 555. The molecule has 0 heterocycles. The Morgan fingerprint density at radius 1 is 1.24 bits per heavy atom. The maximum absolute atomic E-state index is 12.4. The minimum atomic E-state index is -3.17. The van der Waals surface area contributed by atoms with Crippen LogP contribution in [0, 0.1) is 0 Å². The molecule has 0 aliphatic heterocycles. The third-order valence-corrected chi connectivity index (χ3v) is 7.29. The third kappa shape index (κ3) is 4.63. The lowest BCUT2D eigenvalue weighted by molar-refractivity contribution is 0.286. The summed E-state index contributed by atoms with van der Waals surface area (Å²) in [5.74, 6) is 0.701. The maximum atomic E-state index is 12.4. The van der Waals surface area contributed by atoms with E-state index in [2.05, 4.69) is 0 Å². The quantitative estimate of drug-likeness (QED) is 0.644. The molecule has 1 aromatic rings. The molecule has 0 atom stereocenters. The number of thioether (sulfide) groups is 1. The predicted octanol–water partition coefficient (Wildman–Crippen LogP) is 2.96. The summed E-state index contributed by atoms with van der Waals surface area (Å²) in [4.78, 5) is 0.952. The Hall–Kier alpha value is -0.720. The van der Waals surface area contributed by atoms with Gasteiger partial charge >= 0.3 is 0 Å². The molecule has 2 N–H and O–H groups in total. The Morgan fingerprint density at radius 3 is 2.57 bits per heavy atom. The van der Waals surface area contributed by atoms with Gasteiger partial charge in [0.25, 0.3) is 0 Å². The highest BCUT2D eigenvalue weighted by Gasteiger charge is 2.27. The summed E-state index contributed by atoms with van der Waals surface area (Å²) in [5.41, 5.74) is 6.58. The van der Waals surface area contributed by atoms with Gasteiger partial charge in [0.2, 0.25) is 10.0 Å². The van der Waals surface area contributed by atoms with Crippen LogP contribution in [0.1, 0.15) is 32.1 Å². The zero-order valence-corrected chi connectivity index (χ0v) is 14.1. The van der Waals surface area contributed by atoms with E-state index in [1.54, 1.807) is 11.4 Å². The zero-order chi connectivity index (χ0) is 15.3. The minimum absolute atomic E-state index is 0.166. The zero-order valence-electron chi connectivity index (χ0n) is 12.5. The fourth-order valence-corrected chi connectivity index (χ4v) is 5.44. The number of nitrogen functional groups attached to an aromatic ring is 1. The molecule has 0 saturated heterocycles. The van der Waals surface area contributed by atoms with Crippen LogP contribution in [-0.2, 0) is 10.0 Å². The second-order valence-electron chi connectivity index (χ2n) is 5.51. The van der Waals surface area contributed by atoms with Crippen molar-refractivity contribution in [1.82, 2.24) is 4.31 Å². The van der Waals surface area contributed by atoms with Crippen molar-refractivity contribution in [3.8, 4) is 0 Å². The van der Waals surface area contributed by atoms with Gasteiger partial charge in [-0.25, -0.2) is 12.7 Å². The second-order valence-corrected chi connectivity index (χ2v) is 8.80. The summed E-state index contributed by atoms with van der Waals surface area (Å²) in [6, 6.07) is 7.76. The van der Waals surface area contributed by atoms with E-state index in [1.807, 2.05) is 24.3 Å². The highest BCUT2D eigenvalue weighted by Crippen LogP contribution is 2.26. The molecule has 1 fully saturated rings. The molecule has 1 aromatic carbocycles. The van der Waals surface area contributed by atoms with Gasteiger partial charge in [0, 0.05) is 29.4 Å². The first-order chi connectivity index (χ1) is 10.0. The summed E-state index contributed by atoms with van der Waals surface area (Å²) >= 11 is 1.51. The number of hydrogen-bond acceptors (Lipinski definition) is 4. The molecular formula is C15H24N2O2S2. The molecular weight excluding hydrogens is 304 g/mol. The van der Waals surface area contributed by atoms with Gasteiger partial charge in [-0.15, -0.1) is 11.8 Å². The number of para-hydroxylation sites is 1. The molecule has 0 aromatic heterocycles. The first kappa shape index (κ1) is 16.6. The van der Waals surface area contributed by atoms with Gasteiger partial charge < -0.3 is 5.73 Å². The van der Waals surface area contributed by atoms with Crippen LogP contribution in [0.2, 0.25) is 0 Å². The van der Waals surface area contributed by atoms with Gasteiger partial charge in [-0.3, -0.25) is 0 Å². The van der Waals surface area contributed by atoms with Crippen LogP contribution in [0.4, 0.5) is 5.69 Å². The molecule has 0 radical (unpaired) electrons. The van der Waals surface area contributed by atoms with Crippen molar-refractivity contribution in [2.45, 2.75) is 43.0 Å². The molecule has 1 aliphatic carbocycles. The lowest BCUT2D eigenvalue weighted by atomic mass is 9.96. The molecule has 0 spiro atoms. The number of sulfonamides is 1. The average molecular weight is 329 g/mol. The van der Waals surface area contributed by atoms with E-state index in [9.17, 15) is 8.42 Å². The topological polar surface area (TPSA) is 63.4 Å². The van der Waals surface area contributed by atoms with Crippen molar-refractivity contribution >= 4 is 27.5 Å². The standard InChI is InChI=1S/C15H24N2O2S2/c1-17(13-7-3-2-4-8-13)21(18,19)12-11-20-15-10-6-5-9-14(15)16/h5-6,9-10,13H,2-4,7-8,11-12,16H2,1H3. The molecule has 4 nitrogen and oxygen atoms in total. The summed E-state index contributed by atoms with van der Waals surface area (Å²) in [7, 11) is -1.44. The van der Waals surface area contributed by atoms with Crippen LogP contribution >= 0.6 is 11.8 Å². The average Bonchev–Trinajstić information content (AvgIpc) is 2.49. The van der Waals surface area contributed by atoms with Crippen LogP contribution in [0.3, 0.4) is 0 Å². The Morgan fingerprint density at radius 2 is 1.90 bits per heavy atom. The van der Waals surface area contributed by atoms with Crippen molar-refractivity contribution in [3.63, 3.8) is 0 Å². The van der Waals surface area contributed by atoms with E-state index in [-0.39, 0.29) is 11.8 Å². The second kappa shape index (κ2) is 7.51. The van der Waals surface area contributed by atoms with Gasteiger partial charge in [-0.1, -0.05) is 31.4 Å². The van der Waals surface area contributed by atoms with Gasteiger partial charge in [0.05, 0.1) is 5.75 Å². The summed E-state index contributed by atoms with van der Waals surface area (Å²) in [6.07, 6.45) is 5.50. The molecule has 2 rings (SSSR count). The first-order valence-electron chi connectivity index (χ1n) is 7.44. The summed E-state index contributed by atoms with van der Waals surface area (Å²) in [5, 5.41) is 0. The van der Waals surface area contributed by atoms with Crippen LogP contribution in [0.15, 0.2) is 29.2 Å². The monoisotopic (exact) mass is 328 g/mol. The predicted molar refractivity (Wildman–Crippen MR) is 90.0 cm³/mol. The molecule has 21 heavy (non-hydrogen) atoms. The van der Waals surface area contributed by atoms with E-state index in [0.29, 0.717) is 11.4 Å². The molecule has 6 heteroatoms. The Labute approximate surface area is 132 Å². The van der Waals surface area contributed by atoms with Crippen molar-refractivity contribution in [3.05, 3.63) is 24.3 Å². The smallest absolute Gasteiger partial charge is 0.214 e. The fourth-order valence-electron chi connectivity index (χ4n) is 2.68. The summed E-state index contributed by atoms with van der Waals surface area (Å²) < 4.78 is 26.4. The SMILES string of the molecule is CN(C1CCCCC1)S(=O)(=O)CCSc1ccccc1N. The van der Waals surface area contributed by atoms with Gasteiger partial charge in [0.1, 0.15) is 0 Å². The molecule has 118 valence electrons. The lowest BCUT2D eigenvalue weighted by Crippen LogP contribution is -2.39. The van der Waals surface area contributed by atoms with E-state index in [4.69, 9.17) is 5.73 Å². The highest BCUT2D eigenvalue weighted by atomic mass is 32.2. The Balaban J connectivity index is 1.87. The van der Waals surface area contributed by atoms with Crippen molar-refractivity contribution in [2.24, 2.45) is 0 Å². The normalized spacial score (nSPS) is 17.2. The molecule has 0 unspecified atom stereocenters. The van der Waals surface area contributed by atoms with Gasteiger partial charge in [-0.05, 0) is 25.0 Å². The van der Waals surface area contributed by atoms with Crippen molar-refractivity contribution in [1.29, 1.82) is 0 Å². The van der Waals surface area contributed by atoms with Crippen molar-refractivity contribution in [2.75, 3.05) is 24.3 Å². The number of nitrogens with two attached hydrogens (primary N) is 1. The Kier molecular flexibility index (Phi) is 5.96. The fraction of sp³-hybridized carbons (Fsp3) is 0.600. The van der Waals surface area contributed by atoms with Gasteiger partial charge in [-0.2, -0.15) is 0 Å². The number of nitrogens with zero attached hydrogens (tertiary/aromatic N) is 1. The van der Waals surface area contributed by atoms with Crippen LogP contribution < -0.4 is 5.73 Å². The van der Waals surface area contributed by atoms with Crippen molar-refractivity contribution < 1.29 is 8.42 Å². The molecule has 0 amide bonds. The lowest BCUT2D eigenvalue weighted by Gasteiger charge is -2.30. The van der Waals surface area contributed by atoms with E-state index >= 15 is 0 Å². The molecule has 1 aliphatic rings. The molecule has 1 saturated carbocycles.